The summed E-state index contributed by atoms with van der Waals surface area (Å²) >= 11 is 0. The zero-order valence-electron chi connectivity index (χ0n) is 16.0. The fourth-order valence-corrected chi connectivity index (χ4v) is 3.45. The summed E-state index contributed by atoms with van der Waals surface area (Å²) in [6, 6.07) is 9.06. The molecular weight excluding hydrogens is 374 g/mol. The van der Waals surface area contributed by atoms with Crippen molar-refractivity contribution in [2.75, 3.05) is 19.7 Å². The summed E-state index contributed by atoms with van der Waals surface area (Å²) in [7, 11) is 0. The molecule has 0 bridgehead atoms. The minimum atomic E-state index is -0.660. The van der Waals surface area contributed by atoms with E-state index in [4.69, 9.17) is 9.15 Å². The molecule has 29 heavy (non-hydrogen) atoms. The quantitative estimate of drug-likeness (QED) is 0.526. The van der Waals surface area contributed by atoms with E-state index in [1.165, 1.54) is 19.2 Å². The van der Waals surface area contributed by atoms with Gasteiger partial charge in [-0.15, -0.1) is 0 Å². The molecule has 1 aromatic carbocycles. The standard InChI is InChI=1S/C21H21N3O5/c1-13(25)15-10-17(22-11-15)21(27)28-12-19(26)24-8-6-14(7-9-24)20-23-16-4-2-3-5-18(16)29-20/h2-5,10-11,14,22H,6-9,12H2,1H3. The number of aromatic amines is 1. The highest BCUT2D eigenvalue weighted by molar-refractivity contribution is 5.97. The number of carbonyl (C=O) groups excluding carboxylic acids is 3. The molecule has 2 aromatic heterocycles. The van der Waals surface area contributed by atoms with E-state index in [1.54, 1.807) is 4.90 Å². The predicted octanol–water partition coefficient (Wildman–Crippen LogP) is 2.92. The van der Waals surface area contributed by atoms with E-state index in [9.17, 15) is 14.4 Å². The lowest BCUT2D eigenvalue weighted by atomic mass is 9.97. The van der Waals surface area contributed by atoms with Crippen molar-refractivity contribution in [2.45, 2.75) is 25.7 Å². The molecule has 0 radical (unpaired) electrons. The molecule has 1 saturated heterocycles. The van der Waals surface area contributed by atoms with Crippen LogP contribution in [0, 0.1) is 0 Å². The Labute approximate surface area is 166 Å². The lowest BCUT2D eigenvalue weighted by Gasteiger charge is -2.30. The largest absolute Gasteiger partial charge is 0.451 e. The first-order valence-corrected chi connectivity index (χ1v) is 9.51. The first-order chi connectivity index (χ1) is 14.0. The number of rotatable bonds is 5. The van der Waals surface area contributed by atoms with Gasteiger partial charge in [-0.1, -0.05) is 12.1 Å². The van der Waals surface area contributed by atoms with E-state index >= 15 is 0 Å². The zero-order chi connectivity index (χ0) is 20.4. The van der Waals surface area contributed by atoms with Gasteiger partial charge in [0, 0.05) is 30.8 Å². The van der Waals surface area contributed by atoms with Crippen LogP contribution < -0.4 is 0 Å². The molecule has 1 aliphatic rings. The van der Waals surface area contributed by atoms with Gasteiger partial charge < -0.3 is 19.0 Å². The SMILES string of the molecule is CC(=O)c1c[nH]c(C(=O)OCC(=O)N2CCC(c3nc4ccccc4o3)CC2)c1. The summed E-state index contributed by atoms with van der Waals surface area (Å²) in [5.41, 5.74) is 2.15. The molecule has 1 amide bonds. The number of para-hydroxylation sites is 2. The van der Waals surface area contributed by atoms with Crippen LogP contribution in [0.5, 0.6) is 0 Å². The second kappa shape index (κ2) is 7.90. The van der Waals surface area contributed by atoms with Gasteiger partial charge in [0.15, 0.2) is 23.9 Å². The van der Waals surface area contributed by atoms with Crippen molar-refractivity contribution in [1.29, 1.82) is 0 Å². The molecular formula is C21H21N3O5. The van der Waals surface area contributed by atoms with Crippen LogP contribution in [-0.2, 0) is 9.53 Å². The number of piperidine rings is 1. The lowest BCUT2D eigenvalue weighted by Crippen LogP contribution is -2.40. The van der Waals surface area contributed by atoms with Gasteiger partial charge in [-0.25, -0.2) is 9.78 Å². The summed E-state index contributed by atoms with van der Waals surface area (Å²) in [4.78, 5) is 44.6. The van der Waals surface area contributed by atoms with Crippen LogP contribution >= 0.6 is 0 Å². The van der Waals surface area contributed by atoms with Crippen molar-refractivity contribution in [3.8, 4) is 0 Å². The highest BCUT2D eigenvalue weighted by atomic mass is 16.5. The molecule has 0 spiro atoms. The second-order valence-corrected chi connectivity index (χ2v) is 7.11. The molecule has 1 aliphatic heterocycles. The highest BCUT2D eigenvalue weighted by Crippen LogP contribution is 2.29. The fraction of sp³-hybridized carbons (Fsp3) is 0.333. The number of ether oxygens (including phenoxy) is 1. The van der Waals surface area contributed by atoms with Crippen LogP contribution in [0.3, 0.4) is 0 Å². The molecule has 8 nitrogen and oxygen atoms in total. The Kier molecular flexibility index (Phi) is 5.16. The van der Waals surface area contributed by atoms with Gasteiger partial charge in [-0.05, 0) is 38.0 Å². The lowest BCUT2D eigenvalue weighted by molar-refractivity contribution is -0.135. The Balaban J connectivity index is 1.28. The maximum absolute atomic E-state index is 12.4. The van der Waals surface area contributed by atoms with E-state index in [1.807, 2.05) is 24.3 Å². The molecule has 8 heteroatoms. The summed E-state index contributed by atoms with van der Waals surface area (Å²) in [5, 5.41) is 0. The van der Waals surface area contributed by atoms with Crippen molar-refractivity contribution in [3.63, 3.8) is 0 Å². The molecule has 0 atom stereocenters. The van der Waals surface area contributed by atoms with E-state index in [0.29, 0.717) is 24.5 Å². The van der Waals surface area contributed by atoms with Gasteiger partial charge in [0.2, 0.25) is 0 Å². The number of oxazole rings is 1. The maximum atomic E-state index is 12.4. The topological polar surface area (TPSA) is 105 Å². The van der Waals surface area contributed by atoms with E-state index in [-0.39, 0.29) is 29.9 Å². The molecule has 150 valence electrons. The summed E-state index contributed by atoms with van der Waals surface area (Å²) in [6.45, 7) is 2.18. The summed E-state index contributed by atoms with van der Waals surface area (Å²) in [5.74, 6) is -0.186. The molecule has 0 aliphatic carbocycles. The average Bonchev–Trinajstić information content (AvgIpc) is 3.39. The number of esters is 1. The van der Waals surface area contributed by atoms with Crippen LogP contribution in [-0.4, -0.2) is 52.2 Å². The van der Waals surface area contributed by atoms with Gasteiger partial charge in [-0.3, -0.25) is 9.59 Å². The number of benzene rings is 1. The number of fused-ring (bicyclic) bond motifs is 1. The first kappa shape index (κ1) is 18.9. The third-order valence-electron chi connectivity index (χ3n) is 5.14. The van der Waals surface area contributed by atoms with Crippen LogP contribution in [0.15, 0.2) is 40.9 Å². The average molecular weight is 395 g/mol. The Morgan fingerprint density at radius 2 is 2.00 bits per heavy atom. The van der Waals surface area contributed by atoms with E-state index in [0.717, 1.165) is 23.9 Å². The predicted molar refractivity (Wildman–Crippen MR) is 104 cm³/mol. The van der Waals surface area contributed by atoms with Crippen molar-refractivity contribution in [2.24, 2.45) is 0 Å². The Morgan fingerprint density at radius 3 is 2.69 bits per heavy atom. The van der Waals surface area contributed by atoms with Crippen LogP contribution in [0.1, 0.15) is 52.4 Å². The third kappa shape index (κ3) is 4.06. The number of H-pyrrole nitrogens is 1. The van der Waals surface area contributed by atoms with Gasteiger partial charge in [-0.2, -0.15) is 0 Å². The number of aromatic nitrogens is 2. The van der Waals surface area contributed by atoms with Crippen molar-refractivity contribution < 1.29 is 23.5 Å². The number of nitrogens with zero attached hydrogens (tertiary/aromatic N) is 2. The number of ketones is 1. The number of Topliss-reactive ketones (excluding diaryl/α,β-unsaturated/α-hetero) is 1. The summed E-state index contributed by atoms with van der Waals surface area (Å²) in [6.07, 6.45) is 2.92. The normalized spacial score (nSPS) is 14.9. The number of hydrogen-bond acceptors (Lipinski definition) is 6. The molecule has 4 rings (SSSR count). The van der Waals surface area contributed by atoms with Gasteiger partial charge in [0.1, 0.15) is 11.2 Å². The van der Waals surface area contributed by atoms with Crippen molar-refractivity contribution in [1.82, 2.24) is 14.9 Å². The first-order valence-electron chi connectivity index (χ1n) is 9.51. The number of likely N-dealkylation sites (tertiary alicyclic amines) is 1. The van der Waals surface area contributed by atoms with Crippen LogP contribution in [0.4, 0.5) is 0 Å². The molecule has 0 unspecified atom stereocenters. The minimum absolute atomic E-state index is 0.151. The van der Waals surface area contributed by atoms with Crippen LogP contribution in [0.25, 0.3) is 11.1 Å². The molecule has 1 fully saturated rings. The Bertz CT molecular complexity index is 1030. The van der Waals surface area contributed by atoms with Gasteiger partial charge in [0.25, 0.3) is 5.91 Å². The summed E-state index contributed by atoms with van der Waals surface area (Å²) < 4.78 is 10.9. The highest BCUT2D eigenvalue weighted by Gasteiger charge is 2.27. The smallest absolute Gasteiger partial charge is 0.355 e. The van der Waals surface area contributed by atoms with E-state index in [2.05, 4.69) is 9.97 Å². The maximum Gasteiger partial charge on any atom is 0.355 e. The minimum Gasteiger partial charge on any atom is -0.451 e. The number of nitrogens with one attached hydrogen (secondary N) is 1. The monoisotopic (exact) mass is 395 g/mol. The number of hydrogen-bond donors (Lipinski definition) is 1. The van der Waals surface area contributed by atoms with E-state index < -0.39 is 5.97 Å². The molecule has 0 saturated carbocycles. The fourth-order valence-electron chi connectivity index (χ4n) is 3.45. The molecule has 3 aromatic rings. The molecule has 1 N–H and O–H groups in total. The number of amides is 1. The Hall–Kier alpha value is -3.42. The zero-order valence-corrected chi connectivity index (χ0v) is 16.0. The van der Waals surface area contributed by atoms with Crippen molar-refractivity contribution in [3.05, 3.63) is 53.7 Å². The number of carbonyl (C=O) groups is 3. The van der Waals surface area contributed by atoms with Gasteiger partial charge >= 0.3 is 5.97 Å². The van der Waals surface area contributed by atoms with Crippen LogP contribution in [0.2, 0.25) is 0 Å². The third-order valence-corrected chi connectivity index (χ3v) is 5.14. The molecule has 3 heterocycles. The van der Waals surface area contributed by atoms with Gasteiger partial charge in [0.05, 0.1) is 0 Å². The Morgan fingerprint density at radius 1 is 1.24 bits per heavy atom. The second-order valence-electron chi connectivity index (χ2n) is 7.11. The van der Waals surface area contributed by atoms with Crippen molar-refractivity contribution >= 4 is 28.8 Å².